The molecular formula is C24H31FN4O3. The Morgan fingerprint density at radius 1 is 1.06 bits per heavy atom. The van der Waals surface area contributed by atoms with Gasteiger partial charge in [-0.3, -0.25) is 9.69 Å². The van der Waals surface area contributed by atoms with Gasteiger partial charge in [0.05, 0.1) is 13.2 Å². The maximum Gasteiger partial charge on any atom is 0.314 e. The van der Waals surface area contributed by atoms with Crippen molar-refractivity contribution < 1.29 is 18.7 Å². The van der Waals surface area contributed by atoms with Crippen molar-refractivity contribution in [3.05, 3.63) is 65.0 Å². The summed E-state index contributed by atoms with van der Waals surface area (Å²) in [6, 6.07) is 12.0. The number of likely N-dealkylation sites (tertiary alicyclic amines) is 1. The van der Waals surface area contributed by atoms with E-state index in [0.717, 1.165) is 37.2 Å². The van der Waals surface area contributed by atoms with Crippen molar-refractivity contribution in [2.24, 2.45) is 0 Å². The van der Waals surface area contributed by atoms with Crippen molar-refractivity contribution in [3.63, 3.8) is 0 Å². The highest BCUT2D eigenvalue weighted by Gasteiger charge is 2.24. The number of nitrogens with zero attached hydrogens (tertiary/aromatic N) is 1. The molecular weight excluding hydrogens is 411 g/mol. The number of rotatable bonds is 9. The quantitative estimate of drug-likeness (QED) is 0.522. The lowest BCUT2D eigenvalue weighted by Crippen LogP contribution is -2.43. The van der Waals surface area contributed by atoms with Crippen LogP contribution in [0.2, 0.25) is 0 Å². The molecule has 32 heavy (non-hydrogen) atoms. The van der Waals surface area contributed by atoms with E-state index in [1.807, 2.05) is 18.2 Å². The number of urea groups is 1. The molecule has 0 spiro atoms. The molecule has 7 nitrogen and oxygen atoms in total. The van der Waals surface area contributed by atoms with Gasteiger partial charge in [0.2, 0.25) is 0 Å². The molecule has 2 aromatic rings. The number of hydrogen-bond acceptors (Lipinski definition) is 4. The van der Waals surface area contributed by atoms with Gasteiger partial charge in [-0.05, 0) is 68.2 Å². The number of carbonyl (C=O) groups is 2. The van der Waals surface area contributed by atoms with Crippen LogP contribution in [0.1, 0.15) is 40.4 Å². The van der Waals surface area contributed by atoms with Crippen molar-refractivity contribution in [2.45, 2.75) is 25.8 Å². The lowest BCUT2D eigenvalue weighted by Gasteiger charge is -2.28. The average molecular weight is 443 g/mol. The Kier molecular flexibility index (Phi) is 8.44. The first kappa shape index (κ1) is 23.5. The van der Waals surface area contributed by atoms with Crippen molar-refractivity contribution in [3.8, 4) is 5.75 Å². The van der Waals surface area contributed by atoms with Gasteiger partial charge in [0.1, 0.15) is 11.6 Å². The molecule has 1 atom stereocenters. The third kappa shape index (κ3) is 6.43. The molecule has 0 saturated carbocycles. The summed E-state index contributed by atoms with van der Waals surface area (Å²) in [5.74, 6) is -0.00248. The van der Waals surface area contributed by atoms with E-state index in [0.29, 0.717) is 12.1 Å². The molecule has 0 bridgehead atoms. The molecule has 1 saturated heterocycles. The highest BCUT2D eigenvalue weighted by Crippen LogP contribution is 2.27. The maximum atomic E-state index is 13.6. The highest BCUT2D eigenvalue weighted by molar-refractivity contribution is 5.94. The summed E-state index contributed by atoms with van der Waals surface area (Å²) in [6.45, 7) is 4.61. The SMILES string of the molecule is COc1cccc(C(CNC(=O)NCCNC(=O)c2ccc(C)c(F)c2)N2CCCC2)c1. The van der Waals surface area contributed by atoms with Crippen molar-refractivity contribution in [1.82, 2.24) is 20.9 Å². The Morgan fingerprint density at radius 2 is 1.81 bits per heavy atom. The van der Waals surface area contributed by atoms with Crippen LogP contribution in [-0.4, -0.2) is 56.7 Å². The summed E-state index contributed by atoms with van der Waals surface area (Å²) in [5, 5.41) is 8.36. The lowest BCUT2D eigenvalue weighted by molar-refractivity contribution is 0.0953. The van der Waals surface area contributed by atoms with E-state index in [1.165, 1.54) is 6.07 Å². The summed E-state index contributed by atoms with van der Waals surface area (Å²) < 4.78 is 19.0. The van der Waals surface area contributed by atoms with Gasteiger partial charge in [-0.15, -0.1) is 0 Å². The van der Waals surface area contributed by atoms with Crippen LogP contribution < -0.4 is 20.7 Å². The van der Waals surface area contributed by atoms with Crippen LogP contribution in [0.4, 0.5) is 9.18 Å². The van der Waals surface area contributed by atoms with E-state index >= 15 is 0 Å². The van der Waals surface area contributed by atoms with Gasteiger partial charge in [-0.1, -0.05) is 18.2 Å². The first-order valence-corrected chi connectivity index (χ1v) is 10.9. The summed E-state index contributed by atoms with van der Waals surface area (Å²) in [5.41, 5.74) is 1.84. The Labute approximate surface area is 188 Å². The fourth-order valence-electron chi connectivity index (χ4n) is 3.80. The van der Waals surface area contributed by atoms with E-state index in [2.05, 4.69) is 26.9 Å². The predicted octanol–water partition coefficient (Wildman–Crippen LogP) is 3.01. The Morgan fingerprint density at radius 3 is 2.53 bits per heavy atom. The van der Waals surface area contributed by atoms with E-state index < -0.39 is 5.82 Å². The first-order valence-electron chi connectivity index (χ1n) is 10.9. The van der Waals surface area contributed by atoms with E-state index in [1.54, 1.807) is 26.2 Å². The van der Waals surface area contributed by atoms with Gasteiger partial charge in [-0.25, -0.2) is 9.18 Å². The fraction of sp³-hybridized carbons (Fsp3) is 0.417. The molecule has 0 aromatic heterocycles. The fourth-order valence-corrected chi connectivity index (χ4v) is 3.80. The number of nitrogens with one attached hydrogen (secondary N) is 3. The Bertz CT molecular complexity index is 931. The monoisotopic (exact) mass is 442 g/mol. The van der Waals surface area contributed by atoms with Crippen molar-refractivity contribution in [1.29, 1.82) is 0 Å². The summed E-state index contributed by atoms with van der Waals surface area (Å²) in [4.78, 5) is 26.8. The van der Waals surface area contributed by atoms with Crippen LogP contribution in [-0.2, 0) is 0 Å². The van der Waals surface area contributed by atoms with Gasteiger partial charge in [-0.2, -0.15) is 0 Å². The number of hydrogen-bond donors (Lipinski definition) is 3. The number of aryl methyl sites for hydroxylation is 1. The summed E-state index contributed by atoms with van der Waals surface area (Å²) in [7, 11) is 1.64. The third-order valence-corrected chi connectivity index (χ3v) is 5.65. The second-order valence-electron chi connectivity index (χ2n) is 7.89. The van der Waals surface area contributed by atoms with Gasteiger partial charge >= 0.3 is 6.03 Å². The first-order chi connectivity index (χ1) is 15.5. The molecule has 1 heterocycles. The zero-order valence-corrected chi connectivity index (χ0v) is 18.6. The zero-order valence-electron chi connectivity index (χ0n) is 18.6. The molecule has 1 unspecified atom stereocenters. The topological polar surface area (TPSA) is 82.7 Å². The smallest absolute Gasteiger partial charge is 0.314 e. The van der Waals surface area contributed by atoms with Crippen LogP contribution >= 0.6 is 0 Å². The largest absolute Gasteiger partial charge is 0.497 e. The molecule has 0 radical (unpaired) electrons. The summed E-state index contributed by atoms with van der Waals surface area (Å²) in [6.07, 6.45) is 2.30. The van der Waals surface area contributed by atoms with Crippen LogP contribution in [0.15, 0.2) is 42.5 Å². The van der Waals surface area contributed by atoms with E-state index in [-0.39, 0.29) is 36.6 Å². The van der Waals surface area contributed by atoms with Gasteiger partial charge < -0.3 is 20.7 Å². The number of halogens is 1. The number of methoxy groups -OCH3 is 1. The predicted molar refractivity (Wildman–Crippen MR) is 121 cm³/mol. The minimum absolute atomic E-state index is 0.0643. The minimum atomic E-state index is -0.418. The van der Waals surface area contributed by atoms with Crippen molar-refractivity contribution >= 4 is 11.9 Å². The molecule has 3 rings (SSSR count). The average Bonchev–Trinajstić information content (AvgIpc) is 3.33. The number of amides is 3. The molecule has 1 fully saturated rings. The molecule has 2 aromatic carbocycles. The Balaban J connectivity index is 1.45. The molecule has 1 aliphatic rings. The standard InChI is InChI=1S/C24H31FN4O3/c1-17-8-9-19(15-21(17)25)23(30)26-10-11-27-24(31)28-16-22(29-12-3-4-13-29)18-6-5-7-20(14-18)32-2/h5-9,14-15,22H,3-4,10-13,16H2,1-2H3,(H,26,30)(H2,27,28,31). The maximum absolute atomic E-state index is 13.6. The highest BCUT2D eigenvalue weighted by atomic mass is 19.1. The Hall–Kier alpha value is -3.13. The van der Waals surface area contributed by atoms with Crippen LogP contribution in [0, 0.1) is 12.7 Å². The van der Waals surface area contributed by atoms with E-state index in [9.17, 15) is 14.0 Å². The van der Waals surface area contributed by atoms with Gasteiger partial charge in [0, 0.05) is 25.2 Å². The number of ether oxygens (including phenoxy) is 1. The molecule has 172 valence electrons. The van der Waals surface area contributed by atoms with Gasteiger partial charge in [0.25, 0.3) is 5.91 Å². The minimum Gasteiger partial charge on any atom is -0.497 e. The van der Waals surface area contributed by atoms with Crippen LogP contribution in [0.25, 0.3) is 0 Å². The molecule has 0 aliphatic carbocycles. The molecule has 3 N–H and O–H groups in total. The van der Waals surface area contributed by atoms with Crippen LogP contribution in [0.3, 0.4) is 0 Å². The lowest BCUT2D eigenvalue weighted by atomic mass is 10.1. The second kappa shape index (κ2) is 11.5. The summed E-state index contributed by atoms with van der Waals surface area (Å²) >= 11 is 0. The number of benzene rings is 2. The van der Waals surface area contributed by atoms with Crippen molar-refractivity contribution in [2.75, 3.05) is 39.8 Å². The van der Waals surface area contributed by atoms with Crippen LogP contribution in [0.5, 0.6) is 5.75 Å². The van der Waals surface area contributed by atoms with E-state index in [4.69, 9.17) is 4.74 Å². The normalized spacial score (nSPS) is 14.6. The molecule has 3 amide bonds. The molecule has 1 aliphatic heterocycles. The third-order valence-electron chi connectivity index (χ3n) is 5.65. The zero-order chi connectivity index (χ0) is 22.9. The van der Waals surface area contributed by atoms with Gasteiger partial charge in [0.15, 0.2) is 0 Å². The molecule has 8 heteroatoms. The second-order valence-corrected chi connectivity index (χ2v) is 7.89. The number of carbonyl (C=O) groups excluding carboxylic acids is 2.